The third-order valence-electron chi connectivity index (χ3n) is 3.45. The third kappa shape index (κ3) is 3.67. The standard InChI is InChI=1S/C15H12Cl2IN5O2S/c16-6-2-1-5(3-7(6)17)11-9-10(19)12(13(20)25)26-14(9)23-15(22-11)21-8(18)4-24/h1-3,8,24H,4,19H2,(H2,20,25)(H,21,22,23)/t8-/m0/s1. The van der Waals surface area contributed by atoms with Crippen LogP contribution in [-0.4, -0.2) is 31.6 Å². The van der Waals surface area contributed by atoms with Crippen molar-refractivity contribution >= 4 is 84.9 Å². The Kier molecular flexibility index (Phi) is 5.72. The molecule has 2 heterocycles. The molecule has 0 unspecified atom stereocenters. The van der Waals surface area contributed by atoms with Gasteiger partial charge in [-0.05, 0) is 12.1 Å². The number of primary amides is 1. The molecule has 0 spiro atoms. The molecule has 11 heteroatoms. The number of anilines is 2. The van der Waals surface area contributed by atoms with Gasteiger partial charge in [0.15, 0.2) is 0 Å². The number of fused-ring (bicyclic) bond motifs is 1. The van der Waals surface area contributed by atoms with E-state index in [1.54, 1.807) is 18.2 Å². The zero-order valence-corrected chi connectivity index (χ0v) is 17.4. The van der Waals surface area contributed by atoms with Crippen molar-refractivity contribution in [3.8, 4) is 11.3 Å². The van der Waals surface area contributed by atoms with Crippen molar-refractivity contribution in [1.82, 2.24) is 9.97 Å². The molecule has 0 radical (unpaired) electrons. The Morgan fingerprint density at radius 2 is 2.08 bits per heavy atom. The first-order chi connectivity index (χ1) is 12.3. The van der Waals surface area contributed by atoms with E-state index < -0.39 is 5.91 Å². The number of thiophene rings is 1. The number of nitrogens with two attached hydrogens (primary N) is 2. The highest BCUT2D eigenvalue weighted by atomic mass is 127. The molecule has 7 nitrogen and oxygen atoms in total. The van der Waals surface area contributed by atoms with Crippen molar-refractivity contribution < 1.29 is 9.90 Å². The van der Waals surface area contributed by atoms with E-state index >= 15 is 0 Å². The number of carbonyl (C=O) groups is 1. The first-order valence-corrected chi connectivity index (χ1v) is 10.00. The molecule has 1 aromatic carbocycles. The summed E-state index contributed by atoms with van der Waals surface area (Å²) in [4.78, 5) is 21.3. The lowest BCUT2D eigenvalue weighted by Crippen LogP contribution is -2.17. The molecule has 6 N–H and O–H groups in total. The number of aromatic nitrogens is 2. The fraction of sp³-hybridized carbons (Fsp3) is 0.133. The van der Waals surface area contributed by atoms with E-state index in [1.807, 2.05) is 22.6 Å². The van der Waals surface area contributed by atoms with E-state index in [-0.39, 0.29) is 27.2 Å². The van der Waals surface area contributed by atoms with Crippen molar-refractivity contribution in [2.45, 2.75) is 4.05 Å². The van der Waals surface area contributed by atoms with Gasteiger partial charge in [-0.3, -0.25) is 4.79 Å². The Balaban J connectivity index is 2.29. The molecule has 2 aromatic heterocycles. The molecule has 0 saturated heterocycles. The lowest BCUT2D eigenvalue weighted by molar-refractivity contribution is 0.100. The highest BCUT2D eigenvalue weighted by molar-refractivity contribution is 14.1. The van der Waals surface area contributed by atoms with Crippen LogP contribution >= 0.6 is 57.1 Å². The smallest absolute Gasteiger partial charge is 0.260 e. The molecular formula is C15H12Cl2IN5O2S. The maximum absolute atomic E-state index is 11.7. The summed E-state index contributed by atoms with van der Waals surface area (Å²) in [6.45, 7) is -0.108. The largest absolute Gasteiger partial charge is 0.397 e. The third-order valence-corrected chi connectivity index (χ3v) is 6.01. The number of aliphatic hydroxyl groups is 1. The summed E-state index contributed by atoms with van der Waals surface area (Å²) in [7, 11) is 0. The molecule has 0 aliphatic carbocycles. The fourth-order valence-electron chi connectivity index (χ4n) is 2.31. The maximum Gasteiger partial charge on any atom is 0.260 e. The molecule has 0 saturated carbocycles. The summed E-state index contributed by atoms with van der Waals surface area (Å²) in [5.74, 6) is -0.355. The molecule has 0 fully saturated rings. The summed E-state index contributed by atoms with van der Waals surface area (Å²) >= 11 is 15.2. The topological polar surface area (TPSA) is 127 Å². The van der Waals surface area contributed by atoms with E-state index in [0.29, 0.717) is 31.5 Å². The van der Waals surface area contributed by atoms with Gasteiger partial charge >= 0.3 is 0 Å². The average Bonchev–Trinajstić information content (AvgIpc) is 2.93. The Morgan fingerprint density at radius 1 is 1.35 bits per heavy atom. The second-order valence-corrected chi connectivity index (χ2v) is 8.53. The number of benzene rings is 1. The maximum atomic E-state index is 11.7. The SMILES string of the molecule is NC(=O)c1sc2nc(N[C@H](I)CO)nc(-c3ccc(Cl)c(Cl)c3)c2c1N. The highest BCUT2D eigenvalue weighted by Gasteiger charge is 2.21. The number of hydrogen-bond acceptors (Lipinski definition) is 7. The van der Waals surface area contributed by atoms with Gasteiger partial charge in [0.25, 0.3) is 5.91 Å². The van der Waals surface area contributed by atoms with Crippen molar-refractivity contribution in [3.05, 3.63) is 33.1 Å². The fourth-order valence-corrected chi connectivity index (χ4v) is 3.83. The molecule has 1 atom stereocenters. The zero-order chi connectivity index (χ0) is 19.0. The van der Waals surface area contributed by atoms with E-state index in [2.05, 4.69) is 15.3 Å². The molecule has 0 aliphatic rings. The molecule has 136 valence electrons. The van der Waals surface area contributed by atoms with Crippen LogP contribution in [0.3, 0.4) is 0 Å². The number of carbonyl (C=O) groups excluding carboxylic acids is 1. The van der Waals surface area contributed by atoms with Crippen molar-refractivity contribution in [1.29, 1.82) is 0 Å². The van der Waals surface area contributed by atoms with Gasteiger partial charge in [-0.2, -0.15) is 0 Å². The van der Waals surface area contributed by atoms with E-state index in [9.17, 15) is 9.90 Å². The number of aliphatic hydroxyl groups excluding tert-OH is 1. The zero-order valence-electron chi connectivity index (χ0n) is 13.0. The van der Waals surface area contributed by atoms with Crippen molar-refractivity contribution in [3.63, 3.8) is 0 Å². The minimum atomic E-state index is -0.637. The summed E-state index contributed by atoms with van der Waals surface area (Å²) in [6, 6.07) is 5.05. The van der Waals surface area contributed by atoms with Crippen LogP contribution in [0.5, 0.6) is 0 Å². The number of hydrogen-bond donors (Lipinski definition) is 4. The quantitative estimate of drug-likeness (QED) is 0.230. The number of alkyl halides is 1. The van der Waals surface area contributed by atoms with Crippen LogP contribution in [0.1, 0.15) is 9.67 Å². The van der Waals surface area contributed by atoms with Gasteiger partial charge < -0.3 is 21.9 Å². The van der Waals surface area contributed by atoms with Crippen LogP contribution < -0.4 is 16.8 Å². The molecule has 26 heavy (non-hydrogen) atoms. The minimum Gasteiger partial charge on any atom is -0.397 e. The first-order valence-electron chi connectivity index (χ1n) is 7.18. The number of rotatable bonds is 5. The van der Waals surface area contributed by atoms with Gasteiger partial charge in [-0.15, -0.1) is 11.3 Å². The summed E-state index contributed by atoms with van der Waals surface area (Å²) in [5.41, 5.74) is 12.9. The Bertz CT molecular complexity index is 1010. The number of nitrogens with one attached hydrogen (secondary N) is 1. The Hall–Kier alpha value is -1.40. The summed E-state index contributed by atoms with van der Waals surface area (Å²) in [6.07, 6.45) is 0. The van der Waals surface area contributed by atoms with Crippen LogP contribution in [0.4, 0.5) is 11.6 Å². The molecular weight excluding hydrogens is 512 g/mol. The molecule has 0 bridgehead atoms. The van der Waals surface area contributed by atoms with Gasteiger partial charge in [0.05, 0.1) is 33.4 Å². The molecule has 3 rings (SSSR count). The van der Waals surface area contributed by atoms with E-state index in [4.69, 9.17) is 34.7 Å². The predicted octanol–water partition coefficient (Wildman–Crippen LogP) is 3.51. The normalized spacial score (nSPS) is 12.3. The van der Waals surface area contributed by atoms with Crippen LogP contribution in [0.25, 0.3) is 21.5 Å². The lowest BCUT2D eigenvalue weighted by Gasteiger charge is -2.12. The van der Waals surface area contributed by atoms with Gasteiger partial charge in [0, 0.05) is 5.56 Å². The number of nitrogens with zero attached hydrogens (tertiary/aromatic N) is 2. The minimum absolute atomic E-state index is 0.108. The van der Waals surface area contributed by atoms with Gasteiger partial charge in [-0.1, -0.05) is 51.9 Å². The number of halogens is 3. The van der Waals surface area contributed by atoms with Crippen LogP contribution in [-0.2, 0) is 0 Å². The lowest BCUT2D eigenvalue weighted by atomic mass is 10.1. The van der Waals surface area contributed by atoms with Crippen molar-refractivity contribution in [2.24, 2.45) is 5.73 Å². The first kappa shape index (κ1) is 19.4. The Labute approximate surface area is 175 Å². The van der Waals surface area contributed by atoms with E-state index in [0.717, 1.165) is 11.3 Å². The predicted molar refractivity (Wildman–Crippen MR) is 114 cm³/mol. The van der Waals surface area contributed by atoms with Gasteiger partial charge in [-0.25, -0.2) is 9.97 Å². The van der Waals surface area contributed by atoms with Crippen LogP contribution in [0.2, 0.25) is 10.0 Å². The second-order valence-electron chi connectivity index (χ2n) is 5.21. The summed E-state index contributed by atoms with van der Waals surface area (Å²) < 4.78 is -0.292. The number of amides is 1. The van der Waals surface area contributed by atoms with Gasteiger partial charge in [0.1, 0.15) is 13.8 Å². The van der Waals surface area contributed by atoms with Crippen LogP contribution in [0.15, 0.2) is 18.2 Å². The van der Waals surface area contributed by atoms with Gasteiger partial charge in [0.2, 0.25) is 5.95 Å². The number of nitrogen functional groups attached to an aromatic ring is 1. The average molecular weight is 524 g/mol. The monoisotopic (exact) mass is 523 g/mol. The Morgan fingerprint density at radius 3 is 2.69 bits per heavy atom. The van der Waals surface area contributed by atoms with Crippen LogP contribution in [0, 0.1) is 0 Å². The molecule has 1 amide bonds. The van der Waals surface area contributed by atoms with Crippen molar-refractivity contribution in [2.75, 3.05) is 17.7 Å². The molecule has 0 aliphatic heterocycles. The second kappa shape index (κ2) is 7.69. The molecule has 3 aromatic rings. The highest BCUT2D eigenvalue weighted by Crippen LogP contribution is 2.40. The summed E-state index contributed by atoms with van der Waals surface area (Å²) in [5, 5.41) is 13.5. The van der Waals surface area contributed by atoms with E-state index in [1.165, 1.54) is 0 Å².